The summed E-state index contributed by atoms with van der Waals surface area (Å²) in [5, 5.41) is 9.83. The summed E-state index contributed by atoms with van der Waals surface area (Å²) in [7, 11) is -1.97. The predicted octanol–water partition coefficient (Wildman–Crippen LogP) is 5.27. The number of ether oxygens (including phenoxy) is 2. The number of nitrogens with zero attached hydrogens (tertiary/aromatic N) is 3. The predicted molar refractivity (Wildman–Crippen MR) is 135 cm³/mol. The smallest absolute Gasteiger partial charge is 0.414 e. The zero-order valence-electron chi connectivity index (χ0n) is 21.4. The maximum atomic E-state index is 15.2. The molecule has 7 nitrogen and oxygen atoms in total. The number of fused-ring (bicyclic) bond motifs is 1. The van der Waals surface area contributed by atoms with Gasteiger partial charge in [-0.2, -0.15) is 5.26 Å². The summed E-state index contributed by atoms with van der Waals surface area (Å²) < 4.78 is 32.3. The topological polar surface area (TPSA) is 84.7 Å². The SMILES string of the molecule is CC(C)(C)[Si](C)(C)OC[C@H]1CN(c2ccc(-c3ccc(C4(C#N)[C@@H]5COC[C@@H]54)nc3)c(F)c2)C(=O)O1. The van der Waals surface area contributed by atoms with Crippen molar-refractivity contribution >= 4 is 20.1 Å². The highest BCUT2D eigenvalue weighted by Crippen LogP contribution is 2.62. The van der Waals surface area contributed by atoms with Crippen LogP contribution in [0, 0.1) is 29.0 Å². The van der Waals surface area contributed by atoms with Crippen molar-refractivity contribution in [2.24, 2.45) is 11.8 Å². The Hall–Kier alpha value is -2.80. The Bertz CT molecular complexity index is 1210. The highest BCUT2D eigenvalue weighted by molar-refractivity contribution is 6.74. The first-order valence-corrected chi connectivity index (χ1v) is 15.3. The Labute approximate surface area is 212 Å². The second-order valence-corrected chi connectivity index (χ2v) is 16.3. The van der Waals surface area contributed by atoms with E-state index in [0.29, 0.717) is 43.2 Å². The van der Waals surface area contributed by atoms with Crippen molar-refractivity contribution < 1.29 is 23.1 Å². The van der Waals surface area contributed by atoms with Gasteiger partial charge in [-0.15, -0.1) is 0 Å². The third-order valence-electron chi connectivity index (χ3n) is 8.40. The van der Waals surface area contributed by atoms with Crippen molar-refractivity contribution in [3.8, 4) is 17.2 Å². The van der Waals surface area contributed by atoms with Crippen molar-refractivity contribution in [2.45, 2.75) is 50.4 Å². The van der Waals surface area contributed by atoms with E-state index in [4.69, 9.17) is 13.9 Å². The average Bonchev–Trinajstić information content (AvgIpc) is 3.12. The van der Waals surface area contributed by atoms with E-state index >= 15 is 4.39 Å². The molecule has 1 aromatic carbocycles. The van der Waals surface area contributed by atoms with Crippen LogP contribution in [0.25, 0.3) is 11.1 Å². The zero-order valence-corrected chi connectivity index (χ0v) is 22.4. The molecule has 3 heterocycles. The number of carbonyl (C=O) groups is 1. The maximum Gasteiger partial charge on any atom is 0.414 e. The van der Waals surface area contributed by atoms with Crippen LogP contribution in [-0.2, 0) is 19.3 Å². The molecule has 3 aliphatic rings. The quantitative estimate of drug-likeness (QED) is 0.493. The molecule has 2 aliphatic heterocycles. The summed E-state index contributed by atoms with van der Waals surface area (Å²) in [5.74, 6) is -0.0797. The summed E-state index contributed by atoms with van der Waals surface area (Å²) >= 11 is 0. The van der Waals surface area contributed by atoms with Gasteiger partial charge in [-0.1, -0.05) is 26.8 Å². The number of hydrogen-bond acceptors (Lipinski definition) is 6. The van der Waals surface area contributed by atoms with Gasteiger partial charge in [-0.05, 0) is 42.4 Å². The van der Waals surface area contributed by atoms with Gasteiger partial charge in [0.05, 0.1) is 43.8 Å². The van der Waals surface area contributed by atoms with E-state index in [1.54, 1.807) is 24.4 Å². The van der Waals surface area contributed by atoms with Crippen molar-refractivity contribution in [3.05, 3.63) is 48.0 Å². The van der Waals surface area contributed by atoms with Gasteiger partial charge in [0.25, 0.3) is 0 Å². The van der Waals surface area contributed by atoms with E-state index in [1.807, 2.05) is 6.07 Å². The molecule has 1 saturated carbocycles. The molecule has 0 bridgehead atoms. The molecule has 36 heavy (non-hydrogen) atoms. The van der Waals surface area contributed by atoms with E-state index < -0.39 is 31.7 Å². The second-order valence-electron chi connectivity index (χ2n) is 11.5. The number of nitriles is 1. The van der Waals surface area contributed by atoms with Crippen LogP contribution in [0.15, 0.2) is 36.5 Å². The number of pyridine rings is 1. The Morgan fingerprint density at radius 2 is 1.97 bits per heavy atom. The lowest BCUT2D eigenvalue weighted by molar-refractivity contribution is 0.0997. The highest BCUT2D eigenvalue weighted by atomic mass is 28.4. The number of halogens is 1. The zero-order chi connectivity index (χ0) is 25.9. The minimum Gasteiger partial charge on any atom is -0.442 e. The Balaban J connectivity index is 1.27. The molecule has 1 aliphatic carbocycles. The molecule has 4 atom stereocenters. The first-order valence-electron chi connectivity index (χ1n) is 12.4. The van der Waals surface area contributed by atoms with Gasteiger partial charge in [-0.3, -0.25) is 9.88 Å². The van der Waals surface area contributed by atoms with E-state index in [2.05, 4.69) is 44.9 Å². The lowest BCUT2D eigenvalue weighted by Gasteiger charge is -2.36. The van der Waals surface area contributed by atoms with Crippen molar-refractivity contribution in [1.82, 2.24) is 4.98 Å². The normalized spacial score (nSPS) is 27.5. The fourth-order valence-corrected chi connectivity index (χ4v) is 6.04. The monoisotopic (exact) mass is 509 g/mol. The van der Waals surface area contributed by atoms with E-state index in [9.17, 15) is 10.1 Å². The molecule has 3 fully saturated rings. The van der Waals surface area contributed by atoms with Crippen LogP contribution in [0.2, 0.25) is 18.1 Å². The van der Waals surface area contributed by atoms with Crippen molar-refractivity contribution in [2.75, 3.05) is 31.3 Å². The fraction of sp³-hybridized carbons (Fsp3) is 0.519. The number of rotatable bonds is 6. The van der Waals surface area contributed by atoms with E-state index in [-0.39, 0.29) is 16.9 Å². The standard InChI is InChI=1S/C27H32FN3O4Si/c1-26(2,3)36(4,5)34-13-19-12-31(25(32)35-19)18-7-8-20(23(28)10-18)17-6-9-24(30-11-17)27(16-29)21-14-33-15-22(21)27/h6-11,19,21-22H,12-15H2,1-5H3/t19-,21-,22+,27?/m1/s1. The number of anilines is 1. The molecule has 0 radical (unpaired) electrons. The number of benzene rings is 1. The summed E-state index contributed by atoms with van der Waals surface area (Å²) in [4.78, 5) is 18.5. The molecule has 5 rings (SSSR count). The fourth-order valence-electron chi connectivity index (χ4n) is 5.00. The Morgan fingerprint density at radius 1 is 1.25 bits per heavy atom. The van der Waals surface area contributed by atoms with Crippen molar-refractivity contribution in [1.29, 1.82) is 5.26 Å². The van der Waals surface area contributed by atoms with Gasteiger partial charge in [-0.25, -0.2) is 9.18 Å². The minimum atomic E-state index is -1.97. The number of cyclic esters (lactones) is 1. The van der Waals surface area contributed by atoms with E-state index in [1.165, 1.54) is 11.0 Å². The summed E-state index contributed by atoms with van der Waals surface area (Å²) in [6.07, 6.45) is 0.711. The van der Waals surface area contributed by atoms with Crippen LogP contribution in [-0.4, -0.2) is 51.9 Å². The largest absolute Gasteiger partial charge is 0.442 e. The minimum absolute atomic E-state index is 0.0580. The van der Waals surface area contributed by atoms with Gasteiger partial charge in [0.1, 0.15) is 17.3 Å². The molecule has 190 valence electrons. The van der Waals surface area contributed by atoms with Gasteiger partial charge in [0.2, 0.25) is 0 Å². The van der Waals surface area contributed by atoms with Crippen LogP contribution in [0.1, 0.15) is 26.5 Å². The molecule has 0 N–H and O–H groups in total. The summed E-state index contributed by atoms with van der Waals surface area (Å²) in [5.41, 5.74) is 1.57. The molecule has 2 aromatic rings. The molecule has 9 heteroatoms. The first-order chi connectivity index (χ1) is 17.0. The summed E-state index contributed by atoms with van der Waals surface area (Å²) in [6.45, 7) is 12.6. The number of carbonyl (C=O) groups excluding carboxylic acids is 1. The Kier molecular flexibility index (Phi) is 5.97. The molecule has 0 spiro atoms. The second kappa shape index (κ2) is 8.65. The maximum absolute atomic E-state index is 15.2. The van der Waals surface area contributed by atoms with Gasteiger partial charge in [0, 0.05) is 29.2 Å². The first kappa shape index (κ1) is 24.9. The summed E-state index contributed by atoms with van der Waals surface area (Å²) in [6, 6.07) is 10.8. The lowest BCUT2D eigenvalue weighted by Crippen LogP contribution is -2.43. The van der Waals surface area contributed by atoms with Crippen LogP contribution in [0.5, 0.6) is 0 Å². The molecule has 2 saturated heterocycles. The highest BCUT2D eigenvalue weighted by Gasteiger charge is 2.70. The van der Waals surface area contributed by atoms with Crippen molar-refractivity contribution in [3.63, 3.8) is 0 Å². The molecule has 1 unspecified atom stereocenters. The molecule has 1 aromatic heterocycles. The van der Waals surface area contributed by atoms with Gasteiger partial charge < -0.3 is 13.9 Å². The van der Waals surface area contributed by atoms with Gasteiger partial charge >= 0.3 is 6.09 Å². The number of hydrogen-bond donors (Lipinski definition) is 0. The third-order valence-corrected chi connectivity index (χ3v) is 12.9. The molecule has 1 amide bonds. The molecular weight excluding hydrogens is 477 g/mol. The lowest BCUT2D eigenvalue weighted by atomic mass is 9.96. The Morgan fingerprint density at radius 3 is 2.56 bits per heavy atom. The number of aromatic nitrogens is 1. The molecular formula is C27H32FN3O4Si. The van der Waals surface area contributed by atoms with Crippen LogP contribution in [0.4, 0.5) is 14.9 Å². The van der Waals surface area contributed by atoms with Crippen LogP contribution < -0.4 is 4.90 Å². The van der Waals surface area contributed by atoms with Crippen LogP contribution >= 0.6 is 0 Å². The van der Waals surface area contributed by atoms with Crippen LogP contribution in [0.3, 0.4) is 0 Å². The number of amides is 1. The van der Waals surface area contributed by atoms with E-state index in [0.717, 1.165) is 5.69 Å². The third kappa shape index (κ3) is 4.01. The average molecular weight is 510 g/mol. The van der Waals surface area contributed by atoms with Gasteiger partial charge in [0.15, 0.2) is 8.32 Å².